The Morgan fingerprint density at radius 2 is 1.62 bits per heavy atom. The molecule has 0 fully saturated rings. The molecule has 1 heterocycles. The highest BCUT2D eigenvalue weighted by atomic mass is 32.2. The van der Waals surface area contributed by atoms with Gasteiger partial charge in [0.1, 0.15) is 0 Å². The molecule has 0 aliphatic carbocycles. The minimum Gasteiger partial charge on any atom is -0.456 e. The summed E-state index contributed by atoms with van der Waals surface area (Å²) in [6.07, 6.45) is 2.57. The van der Waals surface area contributed by atoms with Crippen molar-refractivity contribution in [2.24, 2.45) is 0 Å². The maximum atomic E-state index is 12.4. The molecule has 0 aliphatic heterocycles. The minimum atomic E-state index is -0.431. The molecular formula is C24H25N3O3S2. The molecule has 166 valence electrons. The predicted octanol–water partition coefficient (Wildman–Crippen LogP) is 5.08. The third-order valence-corrected chi connectivity index (χ3v) is 6.29. The zero-order chi connectivity index (χ0) is 22.9. The number of anilines is 1. The normalized spacial score (nSPS) is 10.6. The lowest BCUT2D eigenvalue weighted by molar-refractivity contribution is -0.147. The number of ether oxygens (including phenoxy) is 1. The quantitative estimate of drug-likeness (QED) is 0.267. The van der Waals surface area contributed by atoms with Crippen molar-refractivity contribution in [1.29, 1.82) is 0 Å². The number of para-hydroxylation sites is 1. The van der Waals surface area contributed by atoms with E-state index in [1.54, 1.807) is 11.8 Å². The van der Waals surface area contributed by atoms with Crippen molar-refractivity contribution in [2.45, 2.75) is 41.6 Å². The molecule has 0 atom stereocenters. The summed E-state index contributed by atoms with van der Waals surface area (Å²) < 4.78 is 5.18. The van der Waals surface area contributed by atoms with E-state index < -0.39 is 5.97 Å². The van der Waals surface area contributed by atoms with Gasteiger partial charge >= 0.3 is 5.97 Å². The van der Waals surface area contributed by atoms with Crippen LogP contribution in [-0.4, -0.2) is 34.7 Å². The van der Waals surface area contributed by atoms with Crippen LogP contribution in [0.15, 0.2) is 69.5 Å². The molecule has 0 unspecified atom stereocenters. The fourth-order valence-corrected chi connectivity index (χ4v) is 4.45. The van der Waals surface area contributed by atoms with Gasteiger partial charge in [0.05, 0.1) is 5.69 Å². The topological polar surface area (TPSA) is 81.2 Å². The number of nitrogens with zero attached hydrogens (tertiary/aromatic N) is 2. The predicted molar refractivity (Wildman–Crippen MR) is 128 cm³/mol. The van der Waals surface area contributed by atoms with Gasteiger partial charge in [0.15, 0.2) is 11.8 Å². The van der Waals surface area contributed by atoms with Crippen LogP contribution in [0.1, 0.15) is 23.4 Å². The molecule has 0 radical (unpaired) electrons. The number of benzene rings is 2. The molecule has 8 heteroatoms. The molecule has 0 bridgehead atoms. The average Bonchev–Trinajstić information content (AvgIpc) is 2.79. The highest BCUT2D eigenvalue weighted by Gasteiger charge is 2.14. The van der Waals surface area contributed by atoms with Crippen LogP contribution in [0.25, 0.3) is 0 Å². The molecule has 0 saturated heterocycles. The van der Waals surface area contributed by atoms with Crippen molar-refractivity contribution < 1.29 is 14.3 Å². The van der Waals surface area contributed by atoms with Crippen LogP contribution in [0.3, 0.4) is 0 Å². The zero-order valence-corrected chi connectivity index (χ0v) is 19.9. The van der Waals surface area contributed by atoms with Gasteiger partial charge in [-0.2, -0.15) is 0 Å². The van der Waals surface area contributed by atoms with Crippen LogP contribution >= 0.6 is 23.5 Å². The third kappa shape index (κ3) is 6.83. The number of hydrogen-bond donors (Lipinski definition) is 1. The van der Waals surface area contributed by atoms with E-state index in [9.17, 15) is 9.59 Å². The van der Waals surface area contributed by atoms with E-state index in [2.05, 4.69) is 15.3 Å². The first kappa shape index (κ1) is 23.8. The van der Waals surface area contributed by atoms with Crippen molar-refractivity contribution in [3.8, 4) is 0 Å². The third-order valence-electron chi connectivity index (χ3n) is 4.66. The molecule has 0 spiro atoms. The molecule has 3 rings (SSSR count). The number of carbonyl (C=O) groups is 2. The Balaban J connectivity index is 1.51. The number of rotatable bonds is 9. The molecule has 0 aliphatic rings. The lowest BCUT2D eigenvalue weighted by Crippen LogP contribution is -2.21. The van der Waals surface area contributed by atoms with Crippen LogP contribution < -0.4 is 5.32 Å². The molecule has 32 heavy (non-hydrogen) atoms. The fraction of sp³-hybridized carbons (Fsp3) is 0.250. The van der Waals surface area contributed by atoms with Crippen LogP contribution in [-0.2, 0) is 20.7 Å². The maximum Gasteiger partial charge on any atom is 0.306 e. The summed E-state index contributed by atoms with van der Waals surface area (Å²) in [5.41, 5.74) is 3.34. The largest absolute Gasteiger partial charge is 0.456 e. The van der Waals surface area contributed by atoms with Crippen LogP contribution in [0.2, 0.25) is 0 Å². The first-order valence-corrected chi connectivity index (χ1v) is 12.2. The first-order valence-electron chi connectivity index (χ1n) is 10.1. The summed E-state index contributed by atoms with van der Waals surface area (Å²) in [4.78, 5) is 35.4. The fourth-order valence-electron chi connectivity index (χ4n) is 3.07. The van der Waals surface area contributed by atoms with E-state index in [-0.39, 0.29) is 18.9 Å². The maximum absolute atomic E-state index is 12.4. The summed E-state index contributed by atoms with van der Waals surface area (Å²) in [7, 11) is 0. The number of thioether (sulfide) groups is 1. The summed E-state index contributed by atoms with van der Waals surface area (Å²) in [6, 6.07) is 17.4. The van der Waals surface area contributed by atoms with Gasteiger partial charge in [-0.25, -0.2) is 9.97 Å². The number of aromatic nitrogens is 2. The Bertz CT molecular complexity index is 1070. The van der Waals surface area contributed by atoms with Gasteiger partial charge in [0.2, 0.25) is 0 Å². The highest BCUT2D eigenvalue weighted by molar-refractivity contribution is 7.99. The Labute approximate surface area is 196 Å². The van der Waals surface area contributed by atoms with Crippen LogP contribution in [0.4, 0.5) is 5.69 Å². The Kier molecular flexibility index (Phi) is 8.70. The molecule has 6 nitrogen and oxygen atoms in total. The van der Waals surface area contributed by atoms with E-state index in [0.717, 1.165) is 26.7 Å². The Morgan fingerprint density at radius 3 is 2.31 bits per heavy atom. The summed E-state index contributed by atoms with van der Waals surface area (Å²) >= 11 is 3.04. The Hall–Kier alpha value is -2.84. The molecule has 1 amide bonds. The summed E-state index contributed by atoms with van der Waals surface area (Å²) in [6.45, 7) is 3.49. The van der Waals surface area contributed by atoms with Crippen molar-refractivity contribution in [3.05, 3.63) is 71.5 Å². The van der Waals surface area contributed by atoms with Gasteiger partial charge in [-0.05, 0) is 56.4 Å². The smallest absolute Gasteiger partial charge is 0.306 e. The van der Waals surface area contributed by atoms with Gasteiger partial charge in [-0.15, -0.1) is 0 Å². The Morgan fingerprint density at radius 1 is 0.969 bits per heavy atom. The van der Waals surface area contributed by atoms with E-state index >= 15 is 0 Å². The number of carbonyl (C=O) groups excluding carboxylic acids is 2. The number of amides is 1. The molecule has 3 aromatic rings. The van der Waals surface area contributed by atoms with Gasteiger partial charge < -0.3 is 10.1 Å². The van der Waals surface area contributed by atoms with E-state index in [4.69, 9.17) is 4.74 Å². The average molecular weight is 468 g/mol. The van der Waals surface area contributed by atoms with Crippen LogP contribution in [0.5, 0.6) is 0 Å². The second kappa shape index (κ2) is 11.7. The molecular weight excluding hydrogens is 442 g/mol. The molecule has 0 saturated carbocycles. The number of esters is 1. The minimum absolute atomic E-state index is 0.164. The monoisotopic (exact) mass is 467 g/mol. The first-order chi connectivity index (χ1) is 15.5. The van der Waals surface area contributed by atoms with E-state index in [0.29, 0.717) is 17.3 Å². The van der Waals surface area contributed by atoms with Crippen molar-refractivity contribution in [2.75, 3.05) is 18.2 Å². The number of nitrogens with one attached hydrogen (secondary N) is 1. The molecule has 1 aromatic heterocycles. The van der Waals surface area contributed by atoms with Crippen molar-refractivity contribution >= 4 is 41.1 Å². The van der Waals surface area contributed by atoms with E-state index in [1.165, 1.54) is 11.8 Å². The molecule has 1 N–H and O–H groups in total. The SMILES string of the molecule is CSc1nc(C)c(CCC(=O)OCC(=O)Nc2ccccc2Sc2ccccc2)c(C)n1. The highest BCUT2D eigenvalue weighted by Crippen LogP contribution is 2.33. The van der Waals surface area contributed by atoms with Crippen molar-refractivity contribution in [3.63, 3.8) is 0 Å². The number of aryl methyl sites for hydroxylation is 2. The lowest BCUT2D eigenvalue weighted by Gasteiger charge is -2.12. The standard InChI is InChI=1S/C24H25N3O3S2/c1-16-19(17(2)26-24(25-16)31-3)13-14-23(29)30-15-22(28)27-20-11-7-8-12-21(20)32-18-9-5-4-6-10-18/h4-12H,13-15H2,1-3H3,(H,27,28). The summed E-state index contributed by atoms with van der Waals surface area (Å²) in [5.74, 6) is -0.806. The van der Waals surface area contributed by atoms with Crippen LogP contribution in [0, 0.1) is 13.8 Å². The second-order valence-corrected chi connectivity index (χ2v) is 8.87. The van der Waals surface area contributed by atoms with Gasteiger partial charge in [-0.1, -0.05) is 53.9 Å². The van der Waals surface area contributed by atoms with Gasteiger partial charge in [-0.3, -0.25) is 9.59 Å². The van der Waals surface area contributed by atoms with Crippen molar-refractivity contribution in [1.82, 2.24) is 9.97 Å². The lowest BCUT2D eigenvalue weighted by atomic mass is 10.1. The zero-order valence-electron chi connectivity index (χ0n) is 18.3. The summed E-state index contributed by atoms with van der Waals surface area (Å²) in [5, 5.41) is 3.55. The molecule has 2 aromatic carbocycles. The van der Waals surface area contributed by atoms with Gasteiger partial charge in [0.25, 0.3) is 5.91 Å². The van der Waals surface area contributed by atoms with Gasteiger partial charge in [0, 0.05) is 27.6 Å². The van der Waals surface area contributed by atoms with E-state index in [1.807, 2.05) is 74.7 Å². The second-order valence-electron chi connectivity index (χ2n) is 6.98. The number of hydrogen-bond acceptors (Lipinski definition) is 7.